The van der Waals surface area contributed by atoms with E-state index < -0.39 is 12.0 Å². The molecule has 1 atom stereocenters. The van der Waals surface area contributed by atoms with Gasteiger partial charge in [0.2, 0.25) is 5.91 Å². The molecule has 0 fully saturated rings. The lowest BCUT2D eigenvalue weighted by Crippen LogP contribution is -2.29. The van der Waals surface area contributed by atoms with Crippen molar-refractivity contribution in [3.05, 3.63) is 57.6 Å². The minimum atomic E-state index is -0.536. The predicted molar refractivity (Wildman–Crippen MR) is 108 cm³/mol. The number of esters is 1. The molecule has 2 rings (SSSR count). The summed E-state index contributed by atoms with van der Waals surface area (Å²) >= 11 is 3.32. The van der Waals surface area contributed by atoms with Gasteiger partial charge in [0.25, 0.3) is 0 Å². The molecule has 1 amide bonds. The average molecular weight is 445 g/mol. The van der Waals surface area contributed by atoms with E-state index >= 15 is 0 Å². The van der Waals surface area contributed by atoms with Crippen molar-refractivity contribution in [3.63, 3.8) is 0 Å². The summed E-state index contributed by atoms with van der Waals surface area (Å²) in [6.45, 7) is 5.51. The lowest BCUT2D eigenvalue weighted by Gasteiger charge is -2.19. The number of carbonyl (C=O) groups excluding carboxylic acids is 2. The molecule has 1 N–H and O–H groups in total. The van der Waals surface area contributed by atoms with Crippen molar-refractivity contribution in [2.24, 2.45) is 0 Å². The highest BCUT2D eigenvalue weighted by atomic mass is 79.9. The van der Waals surface area contributed by atoms with E-state index in [0.717, 1.165) is 11.1 Å². The van der Waals surface area contributed by atoms with Gasteiger partial charge in [-0.1, -0.05) is 29.8 Å². The number of nitrogens with zero attached hydrogens (tertiary/aromatic N) is 1. The molecule has 0 aliphatic carbocycles. The van der Waals surface area contributed by atoms with Crippen molar-refractivity contribution < 1.29 is 19.1 Å². The minimum absolute atomic E-state index is 0.0549. The van der Waals surface area contributed by atoms with Crippen molar-refractivity contribution in [2.75, 3.05) is 6.61 Å². The van der Waals surface area contributed by atoms with Crippen LogP contribution in [0.3, 0.4) is 0 Å². The molecule has 0 bridgehead atoms. The van der Waals surface area contributed by atoms with Crippen LogP contribution in [0, 0.1) is 18.3 Å². The first kappa shape index (κ1) is 21.5. The zero-order valence-corrected chi connectivity index (χ0v) is 17.5. The molecule has 1 unspecified atom stereocenters. The number of rotatable bonds is 7. The summed E-state index contributed by atoms with van der Waals surface area (Å²) in [4.78, 5) is 24.2. The predicted octanol–water partition coefficient (Wildman–Crippen LogP) is 4.20. The molecule has 0 aliphatic heterocycles. The number of amides is 1. The standard InChI is InChI=1S/C21H21BrN2O4/c1-4-27-19-10-15(12-23)9-17(22)21(19)28-20(26)11-18(24-14(3)25)16-7-5-13(2)6-8-16/h5-10,18H,4,11H2,1-3H3,(H,24,25). The molecule has 28 heavy (non-hydrogen) atoms. The van der Waals surface area contributed by atoms with Crippen molar-refractivity contribution in [1.82, 2.24) is 5.32 Å². The molecule has 0 spiro atoms. The summed E-state index contributed by atoms with van der Waals surface area (Å²) in [7, 11) is 0. The first-order valence-corrected chi connectivity index (χ1v) is 9.54. The van der Waals surface area contributed by atoms with Crippen LogP contribution in [-0.4, -0.2) is 18.5 Å². The molecule has 7 heteroatoms. The number of benzene rings is 2. The fourth-order valence-electron chi connectivity index (χ4n) is 2.61. The Bertz CT molecular complexity index is 904. The zero-order valence-electron chi connectivity index (χ0n) is 15.9. The third-order valence-electron chi connectivity index (χ3n) is 3.88. The first-order valence-electron chi connectivity index (χ1n) is 8.74. The van der Waals surface area contributed by atoms with Crippen molar-refractivity contribution in [2.45, 2.75) is 33.2 Å². The summed E-state index contributed by atoms with van der Waals surface area (Å²) < 4.78 is 11.5. The van der Waals surface area contributed by atoms with E-state index in [0.29, 0.717) is 22.4 Å². The summed E-state index contributed by atoms with van der Waals surface area (Å²) in [5.41, 5.74) is 2.27. The third-order valence-corrected chi connectivity index (χ3v) is 4.47. The van der Waals surface area contributed by atoms with E-state index in [9.17, 15) is 9.59 Å². The Labute approximate surface area is 172 Å². The summed E-state index contributed by atoms with van der Waals surface area (Å²) in [6.07, 6.45) is -0.0549. The molecule has 0 aliphatic rings. The lowest BCUT2D eigenvalue weighted by atomic mass is 10.0. The number of halogens is 1. The number of hydrogen-bond acceptors (Lipinski definition) is 5. The average Bonchev–Trinajstić information content (AvgIpc) is 2.64. The molecule has 0 heterocycles. The Morgan fingerprint density at radius 1 is 1.25 bits per heavy atom. The minimum Gasteiger partial charge on any atom is -0.490 e. The van der Waals surface area contributed by atoms with Crippen molar-refractivity contribution in [3.8, 4) is 17.6 Å². The van der Waals surface area contributed by atoms with Crippen LogP contribution in [0.4, 0.5) is 0 Å². The highest BCUT2D eigenvalue weighted by Crippen LogP contribution is 2.37. The Balaban J connectivity index is 2.24. The number of carbonyl (C=O) groups is 2. The van der Waals surface area contributed by atoms with Gasteiger partial charge in [-0.15, -0.1) is 0 Å². The molecule has 0 aromatic heterocycles. The second kappa shape index (κ2) is 9.90. The van der Waals surface area contributed by atoms with Gasteiger partial charge in [-0.05, 0) is 41.4 Å². The third kappa shape index (κ3) is 5.83. The Kier molecular flexibility index (Phi) is 7.59. The van der Waals surface area contributed by atoms with E-state index in [1.54, 1.807) is 13.0 Å². The second-order valence-electron chi connectivity index (χ2n) is 6.17. The van der Waals surface area contributed by atoms with E-state index in [2.05, 4.69) is 21.2 Å². The summed E-state index contributed by atoms with van der Waals surface area (Å²) in [5, 5.41) is 11.9. The van der Waals surface area contributed by atoms with Crippen LogP contribution in [0.1, 0.15) is 43.0 Å². The van der Waals surface area contributed by atoms with Crippen LogP contribution in [0.15, 0.2) is 40.9 Å². The molecule has 0 saturated carbocycles. The lowest BCUT2D eigenvalue weighted by molar-refractivity contribution is -0.135. The number of nitrogens with one attached hydrogen (secondary N) is 1. The van der Waals surface area contributed by atoms with Gasteiger partial charge in [0.15, 0.2) is 11.5 Å². The molecular formula is C21H21BrN2O4. The van der Waals surface area contributed by atoms with Gasteiger partial charge in [0.1, 0.15) is 0 Å². The van der Waals surface area contributed by atoms with Gasteiger partial charge < -0.3 is 14.8 Å². The molecule has 2 aromatic rings. The number of ether oxygens (including phenoxy) is 2. The molecule has 0 saturated heterocycles. The van der Waals surface area contributed by atoms with Crippen LogP contribution < -0.4 is 14.8 Å². The molecular weight excluding hydrogens is 424 g/mol. The van der Waals surface area contributed by atoms with Gasteiger partial charge in [0.05, 0.1) is 35.2 Å². The Morgan fingerprint density at radius 2 is 1.93 bits per heavy atom. The highest BCUT2D eigenvalue weighted by molar-refractivity contribution is 9.10. The van der Waals surface area contributed by atoms with Crippen LogP contribution >= 0.6 is 15.9 Å². The van der Waals surface area contributed by atoms with Gasteiger partial charge in [-0.2, -0.15) is 5.26 Å². The van der Waals surface area contributed by atoms with Gasteiger partial charge in [0, 0.05) is 13.0 Å². The fourth-order valence-corrected chi connectivity index (χ4v) is 3.14. The van der Waals surface area contributed by atoms with Crippen LogP contribution in [0.25, 0.3) is 0 Å². The molecule has 0 radical (unpaired) electrons. The second-order valence-corrected chi connectivity index (χ2v) is 7.03. The number of aryl methyl sites for hydroxylation is 1. The maximum atomic E-state index is 12.6. The molecule has 146 valence electrons. The zero-order chi connectivity index (χ0) is 20.7. The smallest absolute Gasteiger partial charge is 0.313 e. The van der Waals surface area contributed by atoms with E-state index in [-0.39, 0.29) is 18.1 Å². The van der Waals surface area contributed by atoms with Crippen LogP contribution in [0.5, 0.6) is 11.5 Å². The van der Waals surface area contributed by atoms with Crippen LogP contribution in [0.2, 0.25) is 0 Å². The number of nitriles is 1. The van der Waals surface area contributed by atoms with E-state index in [1.807, 2.05) is 37.3 Å². The fraction of sp³-hybridized carbons (Fsp3) is 0.286. The maximum Gasteiger partial charge on any atom is 0.313 e. The highest BCUT2D eigenvalue weighted by Gasteiger charge is 2.21. The van der Waals surface area contributed by atoms with Crippen molar-refractivity contribution in [1.29, 1.82) is 5.26 Å². The first-order chi connectivity index (χ1) is 13.3. The van der Waals surface area contributed by atoms with E-state index in [4.69, 9.17) is 14.7 Å². The van der Waals surface area contributed by atoms with Gasteiger partial charge >= 0.3 is 5.97 Å². The Morgan fingerprint density at radius 3 is 2.50 bits per heavy atom. The van der Waals surface area contributed by atoms with Gasteiger partial charge in [-0.3, -0.25) is 9.59 Å². The monoisotopic (exact) mass is 444 g/mol. The Hall–Kier alpha value is -2.85. The summed E-state index contributed by atoms with van der Waals surface area (Å²) in [5.74, 6) is -0.275. The van der Waals surface area contributed by atoms with Crippen LogP contribution in [-0.2, 0) is 9.59 Å². The molecule has 2 aromatic carbocycles. The number of hydrogen-bond donors (Lipinski definition) is 1. The van der Waals surface area contributed by atoms with E-state index in [1.165, 1.54) is 13.0 Å². The normalized spacial score (nSPS) is 11.2. The largest absolute Gasteiger partial charge is 0.490 e. The topological polar surface area (TPSA) is 88.4 Å². The molecule has 6 nitrogen and oxygen atoms in total. The quantitative estimate of drug-likeness (QED) is 0.510. The van der Waals surface area contributed by atoms with Gasteiger partial charge in [-0.25, -0.2) is 0 Å². The summed E-state index contributed by atoms with van der Waals surface area (Å²) in [6, 6.07) is 12.1. The van der Waals surface area contributed by atoms with Crippen molar-refractivity contribution >= 4 is 27.8 Å². The SMILES string of the molecule is CCOc1cc(C#N)cc(Br)c1OC(=O)CC(NC(C)=O)c1ccc(C)cc1. The maximum absolute atomic E-state index is 12.6.